The maximum Gasteiger partial charge on any atom is 0.0466 e. The van der Waals surface area contributed by atoms with E-state index in [-0.39, 0.29) is 0 Å². The van der Waals surface area contributed by atoms with E-state index in [0.29, 0.717) is 0 Å². The van der Waals surface area contributed by atoms with Gasteiger partial charge in [0.25, 0.3) is 0 Å². The zero-order valence-electron chi connectivity index (χ0n) is 10.7. The lowest BCUT2D eigenvalue weighted by Crippen LogP contribution is -2.15. The third kappa shape index (κ3) is 13.9. The first-order valence-electron chi connectivity index (χ1n) is 6.70. The molecule has 0 aliphatic carbocycles. The molecule has 0 rings (SSSR count). The van der Waals surface area contributed by atoms with E-state index in [0.717, 1.165) is 13.2 Å². The van der Waals surface area contributed by atoms with Crippen molar-refractivity contribution in [1.82, 2.24) is 5.32 Å². The highest BCUT2D eigenvalue weighted by molar-refractivity contribution is 4.48. The van der Waals surface area contributed by atoms with Crippen LogP contribution >= 0.6 is 0 Å². The van der Waals surface area contributed by atoms with Gasteiger partial charge < -0.3 is 10.1 Å². The van der Waals surface area contributed by atoms with Gasteiger partial charge in [-0.2, -0.15) is 0 Å². The first kappa shape index (κ1) is 14.9. The van der Waals surface area contributed by atoms with Gasteiger partial charge in [-0.3, -0.25) is 0 Å². The quantitative estimate of drug-likeness (QED) is 0.504. The molecule has 92 valence electrons. The Hall–Kier alpha value is -0.0800. The van der Waals surface area contributed by atoms with Crippen LogP contribution in [0.1, 0.15) is 58.8 Å². The molecule has 0 aliphatic heterocycles. The lowest BCUT2D eigenvalue weighted by molar-refractivity contribution is 0.127. The number of rotatable bonds is 12. The van der Waals surface area contributed by atoms with Gasteiger partial charge in [-0.1, -0.05) is 33.1 Å². The van der Waals surface area contributed by atoms with Crippen LogP contribution in [0.4, 0.5) is 0 Å². The molecule has 0 fully saturated rings. The van der Waals surface area contributed by atoms with Gasteiger partial charge >= 0.3 is 0 Å². The Kier molecular flexibility index (Phi) is 13.8. The fraction of sp³-hybridized carbons (Fsp3) is 1.00. The number of nitrogens with one attached hydrogen (secondary N) is 1. The van der Waals surface area contributed by atoms with E-state index in [4.69, 9.17) is 4.74 Å². The van der Waals surface area contributed by atoms with Crippen molar-refractivity contribution in [2.24, 2.45) is 0 Å². The molecule has 2 nitrogen and oxygen atoms in total. The molecule has 0 amide bonds. The summed E-state index contributed by atoms with van der Waals surface area (Å²) in [6, 6.07) is 0. The van der Waals surface area contributed by atoms with Gasteiger partial charge in [0.2, 0.25) is 0 Å². The minimum atomic E-state index is 0.953. The Morgan fingerprint density at radius 2 is 1.47 bits per heavy atom. The first-order chi connectivity index (χ1) is 7.41. The van der Waals surface area contributed by atoms with E-state index in [1.807, 2.05) is 0 Å². The summed E-state index contributed by atoms with van der Waals surface area (Å²) in [6.07, 6.45) is 8.90. The molecular formula is C13H29NO. The average Bonchev–Trinajstić information content (AvgIpc) is 2.26. The summed E-state index contributed by atoms with van der Waals surface area (Å²) < 4.78 is 5.50. The minimum absolute atomic E-state index is 0.953. The molecular weight excluding hydrogens is 186 g/mol. The summed E-state index contributed by atoms with van der Waals surface area (Å²) >= 11 is 0. The third-order valence-electron chi connectivity index (χ3n) is 2.46. The largest absolute Gasteiger partial charge is 0.381 e. The minimum Gasteiger partial charge on any atom is -0.381 e. The van der Waals surface area contributed by atoms with E-state index >= 15 is 0 Å². The molecule has 2 heteroatoms. The van der Waals surface area contributed by atoms with Gasteiger partial charge in [-0.15, -0.1) is 0 Å². The smallest absolute Gasteiger partial charge is 0.0466 e. The summed E-state index contributed by atoms with van der Waals surface area (Å²) in [6.45, 7) is 8.68. The second-order valence-corrected chi connectivity index (χ2v) is 4.13. The molecule has 0 radical (unpaired) electrons. The maximum atomic E-state index is 5.50. The van der Waals surface area contributed by atoms with E-state index in [9.17, 15) is 0 Å². The van der Waals surface area contributed by atoms with Crippen LogP contribution in [0.25, 0.3) is 0 Å². The van der Waals surface area contributed by atoms with Crippen LogP contribution in [0.5, 0.6) is 0 Å². The lowest BCUT2D eigenvalue weighted by atomic mass is 10.2. The average molecular weight is 215 g/mol. The summed E-state index contributed by atoms with van der Waals surface area (Å²) in [4.78, 5) is 0. The van der Waals surface area contributed by atoms with Crippen LogP contribution in [-0.2, 0) is 4.74 Å². The van der Waals surface area contributed by atoms with Crippen molar-refractivity contribution >= 4 is 0 Å². The Morgan fingerprint density at radius 1 is 0.733 bits per heavy atom. The molecule has 0 bridgehead atoms. The van der Waals surface area contributed by atoms with Gasteiger partial charge in [-0.05, 0) is 38.8 Å². The number of hydrogen-bond donors (Lipinski definition) is 1. The molecule has 0 aromatic carbocycles. The van der Waals surface area contributed by atoms with Crippen LogP contribution in [0.2, 0.25) is 0 Å². The summed E-state index contributed by atoms with van der Waals surface area (Å²) in [5.74, 6) is 0. The van der Waals surface area contributed by atoms with Gasteiger partial charge in [0, 0.05) is 13.2 Å². The highest BCUT2D eigenvalue weighted by Gasteiger charge is 1.91. The molecule has 0 heterocycles. The normalized spacial score (nSPS) is 10.8. The fourth-order valence-electron chi connectivity index (χ4n) is 1.46. The van der Waals surface area contributed by atoms with Crippen molar-refractivity contribution in [3.63, 3.8) is 0 Å². The van der Waals surface area contributed by atoms with Crippen molar-refractivity contribution in [2.75, 3.05) is 26.3 Å². The number of hydrogen-bond acceptors (Lipinski definition) is 2. The van der Waals surface area contributed by atoms with E-state index < -0.39 is 0 Å². The molecule has 15 heavy (non-hydrogen) atoms. The van der Waals surface area contributed by atoms with Crippen molar-refractivity contribution in [3.05, 3.63) is 0 Å². The zero-order chi connectivity index (χ0) is 11.2. The maximum absolute atomic E-state index is 5.50. The second-order valence-electron chi connectivity index (χ2n) is 4.13. The van der Waals surface area contributed by atoms with Crippen LogP contribution < -0.4 is 5.32 Å². The number of ether oxygens (including phenoxy) is 1. The molecule has 0 aromatic rings. The summed E-state index contributed by atoms with van der Waals surface area (Å²) in [5, 5.41) is 3.42. The molecule has 0 saturated carbocycles. The van der Waals surface area contributed by atoms with Gasteiger partial charge in [0.15, 0.2) is 0 Å². The highest BCUT2D eigenvalue weighted by atomic mass is 16.5. The van der Waals surface area contributed by atoms with E-state index in [2.05, 4.69) is 19.2 Å². The zero-order valence-corrected chi connectivity index (χ0v) is 10.7. The monoisotopic (exact) mass is 215 g/mol. The molecule has 0 unspecified atom stereocenters. The molecule has 0 spiro atoms. The Labute approximate surface area is 95.8 Å². The van der Waals surface area contributed by atoms with Gasteiger partial charge in [0.1, 0.15) is 0 Å². The Morgan fingerprint density at radius 3 is 2.20 bits per heavy atom. The van der Waals surface area contributed by atoms with Gasteiger partial charge in [0.05, 0.1) is 0 Å². The predicted octanol–water partition coefficient (Wildman–Crippen LogP) is 3.36. The third-order valence-corrected chi connectivity index (χ3v) is 2.46. The SMILES string of the molecule is CCCCOCCCCCCNCCC. The van der Waals surface area contributed by atoms with E-state index in [1.165, 1.54) is 58.0 Å². The van der Waals surface area contributed by atoms with Crippen LogP contribution in [0.15, 0.2) is 0 Å². The van der Waals surface area contributed by atoms with Crippen LogP contribution in [-0.4, -0.2) is 26.3 Å². The van der Waals surface area contributed by atoms with Crippen LogP contribution in [0.3, 0.4) is 0 Å². The highest BCUT2D eigenvalue weighted by Crippen LogP contribution is 2.00. The summed E-state index contributed by atoms with van der Waals surface area (Å²) in [7, 11) is 0. The fourth-order valence-corrected chi connectivity index (χ4v) is 1.46. The first-order valence-corrected chi connectivity index (χ1v) is 6.70. The molecule has 0 aliphatic rings. The summed E-state index contributed by atoms with van der Waals surface area (Å²) in [5.41, 5.74) is 0. The second kappa shape index (κ2) is 13.9. The topological polar surface area (TPSA) is 21.3 Å². The lowest BCUT2D eigenvalue weighted by Gasteiger charge is -2.04. The van der Waals surface area contributed by atoms with Crippen molar-refractivity contribution in [2.45, 2.75) is 58.8 Å². The predicted molar refractivity (Wildman–Crippen MR) is 67.4 cm³/mol. The molecule has 1 N–H and O–H groups in total. The van der Waals surface area contributed by atoms with E-state index in [1.54, 1.807) is 0 Å². The Balaban J connectivity index is 2.81. The Bertz CT molecular complexity index is 94.7. The van der Waals surface area contributed by atoms with Crippen LogP contribution in [0, 0.1) is 0 Å². The number of unbranched alkanes of at least 4 members (excludes halogenated alkanes) is 4. The molecule has 0 atom stereocenters. The molecule has 0 saturated heterocycles. The van der Waals surface area contributed by atoms with Crippen molar-refractivity contribution in [3.8, 4) is 0 Å². The van der Waals surface area contributed by atoms with Gasteiger partial charge in [-0.25, -0.2) is 0 Å². The standard InChI is InChI=1S/C13H29NO/c1-3-5-12-15-13-9-7-6-8-11-14-10-4-2/h14H,3-13H2,1-2H3. The van der Waals surface area contributed by atoms with Crippen molar-refractivity contribution < 1.29 is 4.74 Å². The molecule has 0 aromatic heterocycles. The van der Waals surface area contributed by atoms with Crippen molar-refractivity contribution in [1.29, 1.82) is 0 Å².